The van der Waals surface area contributed by atoms with Crippen LogP contribution in [0.3, 0.4) is 0 Å². The molecule has 0 aromatic carbocycles. The maximum absolute atomic E-state index is 9.48. The highest BCUT2D eigenvalue weighted by Gasteiger charge is 2.25. The third kappa shape index (κ3) is 3.25. The van der Waals surface area contributed by atoms with Gasteiger partial charge >= 0.3 is 0 Å². The van der Waals surface area contributed by atoms with Crippen LogP contribution in [-0.2, 0) is 6.54 Å². The van der Waals surface area contributed by atoms with Gasteiger partial charge in [-0.2, -0.15) is 0 Å². The van der Waals surface area contributed by atoms with E-state index < -0.39 is 0 Å². The molecule has 1 saturated heterocycles. The van der Waals surface area contributed by atoms with Crippen LogP contribution in [0.4, 0.5) is 0 Å². The Morgan fingerprint density at radius 1 is 1.59 bits per heavy atom. The van der Waals surface area contributed by atoms with Gasteiger partial charge in [0, 0.05) is 37.6 Å². The van der Waals surface area contributed by atoms with Crippen molar-refractivity contribution in [2.24, 2.45) is 0 Å². The Hall–Kier alpha value is -0.970. The number of nitrogens with zero attached hydrogens (tertiary/aromatic N) is 2. The van der Waals surface area contributed by atoms with E-state index in [1.54, 1.807) is 6.20 Å². The molecule has 0 amide bonds. The number of aliphatic hydroxyl groups excluding tert-OH is 1. The van der Waals surface area contributed by atoms with Crippen molar-refractivity contribution < 1.29 is 5.11 Å². The van der Waals surface area contributed by atoms with Crippen LogP contribution in [0.1, 0.15) is 18.9 Å². The molecule has 0 radical (unpaired) electrons. The van der Waals surface area contributed by atoms with Crippen LogP contribution < -0.4 is 5.32 Å². The Kier molecular flexibility index (Phi) is 4.48. The maximum atomic E-state index is 9.48. The van der Waals surface area contributed by atoms with Gasteiger partial charge in [0.15, 0.2) is 0 Å². The molecule has 17 heavy (non-hydrogen) atoms. The third-order valence-corrected chi connectivity index (χ3v) is 3.45. The predicted octanol–water partition coefficient (Wildman–Crippen LogP) is 0.626. The van der Waals surface area contributed by atoms with Crippen LogP contribution in [0, 0.1) is 0 Å². The van der Waals surface area contributed by atoms with Gasteiger partial charge in [0.2, 0.25) is 0 Å². The van der Waals surface area contributed by atoms with E-state index in [1.165, 1.54) is 5.56 Å². The van der Waals surface area contributed by atoms with Gasteiger partial charge in [-0.3, -0.25) is 9.88 Å². The predicted molar refractivity (Wildman–Crippen MR) is 67.6 cm³/mol. The normalized spacial score (nSPS) is 26.7. The molecule has 1 aliphatic rings. The Bertz CT molecular complexity index is 331. The molecule has 2 atom stereocenters. The van der Waals surface area contributed by atoms with E-state index in [9.17, 15) is 5.11 Å². The van der Waals surface area contributed by atoms with E-state index in [1.807, 2.05) is 12.3 Å². The Balaban J connectivity index is 2.09. The van der Waals surface area contributed by atoms with E-state index in [0.29, 0.717) is 6.04 Å². The van der Waals surface area contributed by atoms with Crippen LogP contribution >= 0.6 is 0 Å². The van der Waals surface area contributed by atoms with Crippen molar-refractivity contribution >= 4 is 0 Å². The van der Waals surface area contributed by atoms with Crippen molar-refractivity contribution in [3.63, 3.8) is 0 Å². The lowest BCUT2D eigenvalue weighted by atomic mass is 10.1. The zero-order valence-corrected chi connectivity index (χ0v) is 10.3. The lowest BCUT2D eigenvalue weighted by Gasteiger charge is -2.33. The molecule has 1 fully saturated rings. The lowest BCUT2D eigenvalue weighted by molar-refractivity contribution is 0.0914. The van der Waals surface area contributed by atoms with Crippen LogP contribution in [0.25, 0.3) is 0 Å². The largest absolute Gasteiger partial charge is 0.395 e. The second-order valence-electron chi connectivity index (χ2n) is 4.71. The molecule has 1 aromatic rings. The van der Waals surface area contributed by atoms with Gasteiger partial charge in [0.05, 0.1) is 6.61 Å². The summed E-state index contributed by atoms with van der Waals surface area (Å²) in [7, 11) is 0. The van der Waals surface area contributed by atoms with Crippen LogP contribution in [0.15, 0.2) is 24.5 Å². The third-order valence-electron chi connectivity index (χ3n) is 3.45. The van der Waals surface area contributed by atoms with Gasteiger partial charge in [-0.15, -0.1) is 0 Å². The molecule has 0 saturated carbocycles. The standard InChI is InChI=1S/C13H21N3O/c1-11-4-6-15-8-13(10-17)16(11)9-12-3-2-5-14-7-12/h2-3,5,7,11,13,15,17H,4,6,8-10H2,1H3. The first-order chi connectivity index (χ1) is 8.31. The van der Waals surface area contributed by atoms with Gasteiger partial charge in [0.25, 0.3) is 0 Å². The number of aromatic nitrogens is 1. The van der Waals surface area contributed by atoms with Crippen molar-refractivity contribution in [3.8, 4) is 0 Å². The summed E-state index contributed by atoms with van der Waals surface area (Å²) in [5.74, 6) is 0. The second-order valence-corrected chi connectivity index (χ2v) is 4.71. The molecule has 2 N–H and O–H groups in total. The minimum atomic E-state index is 0.202. The zero-order chi connectivity index (χ0) is 12.1. The summed E-state index contributed by atoms with van der Waals surface area (Å²) < 4.78 is 0. The summed E-state index contributed by atoms with van der Waals surface area (Å²) in [5, 5.41) is 12.9. The van der Waals surface area contributed by atoms with Crippen molar-refractivity contribution in [2.75, 3.05) is 19.7 Å². The van der Waals surface area contributed by atoms with E-state index in [2.05, 4.69) is 28.2 Å². The number of pyridine rings is 1. The molecule has 1 aromatic heterocycles. The van der Waals surface area contributed by atoms with Crippen molar-refractivity contribution in [1.82, 2.24) is 15.2 Å². The van der Waals surface area contributed by atoms with Gasteiger partial charge in [-0.25, -0.2) is 0 Å². The molecule has 1 aliphatic heterocycles. The van der Waals surface area contributed by atoms with Crippen LogP contribution in [-0.4, -0.2) is 46.8 Å². The van der Waals surface area contributed by atoms with E-state index in [0.717, 1.165) is 26.1 Å². The molecule has 0 bridgehead atoms. The molecule has 4 nitrogen and oxygen atoms in total. The molecular weight excluding hydrogens is 214 g/mol. The lowest BCUT2D eigenvalue weighted by Crippen LogP contribution is -2.45. The smallest absolute Gasteiger partial charge is 0.0599 e. The van der Waals surface area contributed by atoms with Crippen molar-refractivity contribution in [2.45, 2.75) is 32.0 Å². The van der Waals surface area contributed by atoms with Crippen LogP contribution in [0.5, 0.6) is 0 Å². The van der Waals surface area contributed by atoms with E-state index in [4.69, 9.17) is 0 Å². The van der Waals surface area contributed by atoms with E-state index >= 15 is 0 Å². The SMILES string of the molecule is CC1CCNCC(CO)N1Cc1cccnc1. The quantitative estimate of drug-likeness (QED) is 0.806. The number of hydrogen-bond acceptors (Lipinski definition) is 4. The minimum Gasteiger partial charge on any atom is -0.395 e. The Morgan fingerprint density at radius 3 is 3.18 bits per heavy atom. The van der Waals surface area contributed by atoms with Gasteiger partial charge in [0.1, 0.15) is 0 Å². The molecular formula is C13H21N3O. The Morgan fingerprint density at radius 2 is 2.47 bits per heavy atom. The fourth-order valence-electron chi connectivity index (χ4n) is 2.38. The molecule has 0 spiro atoms. The fraction of sp³-hybridized carbons (Fsp3) is 0.615. The summed E-state index contributed by atoms with van der Waals surface area (Å²) >= 11 is 0. The van der Waals surface area contributed by atoms with Crippen molar-refractivity contribution in [3.05, 3.63) is 30.1 Å². The van der Waals surface area contributed by atoms with Crippen LogP contribution in [0.2, 0.25) is 0 Å². The average molecular weight is 235 g/mol. The minimum absolute atomic E-state index is 0.202. The molecule has 2 rings (SSSR count). The summed E-state index contributed by atoms with van der Waals surface area (Å²) in [6.45, 7) is 5.19. The number of aliphatic hydroxyl groups is 1. The highest BCUT2D eigenvalue weighted by Crippen LogP contribution is 2.15. The second kappa shape index (κ2) is 6.10. The number of nitrogens with one attached hydrogen (secondary N) is 1. The van der Waals surface area contributed by atoms with Crippen molar-refractivity contribution in [1.29, 1.82) is 0 Å². The summed E-state index contributed by atoms with van der Waals surface area (Å²) in [6.07, 6.45) is 4.82. The first kappa shape index (κ1) is 12.5. The van der Waals surface area contributed by atoms with Gasteiger partial charge in [-0.05, 0) is 31.5 Å². The topological polar surface area (TPSA) is 48.4 Å². The zero-order valence-electron chi connectivity index (χ0n) is 10.3. The molecule has 0 aliphatic carbocycles. The molecule has 2 heterocycles. The summed E-state index contributed by atoms with van der Waals surface area (Å²) in [6, 6.07) is 4.74. The van der Waals surface area contributed by atoms with E-state index in [-0.39, 0.29) is 12.6 Å². The molecule has 2 unspecified atom stereocenters. The first-order valence-corrected chi connectivity index (χ1v) is 6.27. The molecule has 94 valence electrons. The van der Waals surface area contributed by atoms with Gasteiger partial charge in [-0.1, -0.05) is 6.07 Å². The summed E-state index contributed by atoms with van der Waals surface area (Å²) in [4.78, 5) is 6.52. The highest BCUT2D eigenvalue weighted by atomic mass is 16.3. The number of rotatable bonds is 3. The average Bonchev–Trinajstić information content (AvgIpc) is 2.54. The maximum Gasteiger partial charge on any atom is 0.0599 e. The number of hydrogen-bond donors (Lipinski definition) is 2. The monoisotopic (exact) mass is 235 g/mol. The Labute approximate surface area is 103 Å². The fourth-order valence-corrected chi connectivity index (χ4v) is 2.38. The summed E-state index contributed by atoms with van der Waals surface area (Å²) in [5.41, 5.74) is 1.21. The van der Waals surface area contributed by atoms with Gasteiger partial charge < -0.3 is 10.4 Å². The highest BCUT2D eigenvalue weighted by molar-refractivity contribution is 5.09. The first-order valence-electron chi connectivity index (χ1n) is 6.27. The molecule has 4 heteroatoms.